The zero-order valence-corrected chi connectivity index (χ0v) is 14.0. The van der Waals surface area contributed by atoms with Crippen LogP contribution in [0, 0.1) is 13.8 Å². The molecule has 0 saturated carbocycles. The number of likely N-dealkylation sites (tertiary alicyclic amines) is 1. The van der Waals surface area contributed by atoms with Gasteiger partial charge >= 0.3 is 0 Å². The Morgan fingerprint density at radius 2 is 1.91 bits per heavy atom. The molecule has 3 nitrogen and oxygen atoms in total. The average Bonchev–Trinajstić information content (AvgIpc) is 2.53. The fraction of sp³-hybridized carbons (Fsp3) is 0.400. The van der Waals surface area contributed by atoms with Gasteiger partial charge in [-0.1, -0.05) is 48.0 Å². The third-order valence-corrected chi connectivity index (χ3v) is 4.64. The number of aliphatic hydroxyl groups excluding tert-OH is 1. The van der Waals surface area contributed by atoms with Gasteiger partial charge in [-0.25, -0.2) is 0 Å². The van der Waals surface area contributed by atoms with Crippen LogP contribution >= 0.6 is 0 Å². The van der Waals surface area contributed by atoms with Crippen LogP contribution in [0.15, 0.2) is 48.5 Å². The first-order valence-electron chi connectivity index (χ1n) is 8.40. The Bertz CT molecular complexity index is 641. The molecule has 0 bridgehead atoms. The molecule has 2 aromatic rings. The van der Waals surface area contributed by atoms with Crippen LogP contribution in [0.2, 0.25) is 0 Å². The normalized spacial score (nSPS) is 22.0. The van der Waals surface area contributed by atoms with Gasteiger partial charge in [0, 0.05) is 25.3 Å². The fourth-order valence-corrected chi connectivity index (χ4v) is 3.33. The summed E-state index contributed by atoms with van der Waals surface area (Å²) in [4.78, 5) is 2.33. The lowest BCUT2D eigenvalue weighted by molar-refractivity contribution is 0.0561. The number of aliphatic hydroxyl groups is 1. The summed E-state index contributed by atoms with van der Waals surface area (Å²) in [5, 5.41) is 14.1. The predicted molar refractivity (Wildman–Crippen MR) is 95.7 cm³/mol. The summed E-state index contributed by atoms with van der Waals surface area (Å²) in [7, 11) is 0. The number of hydrogen-bond acceptors (Lipinski definition) is 3. The predicted octanol–water partition coefficient (Wildman–Crippen LogP) is 3.35. The van der Waals surface area contributed by atoms with Crippen LogP contribution in [0.1, 0.15) is 23.1 Å². The number of nitrogens with zero attached hydrogens (tertiary/aromatic N) is 1. The van der Waals surface area contributed by atoms with E-state index in [0.29, 0.717) is 0 Å². The van der Waals surface area contributed by atoms with Gasteiger partial charge in [0.15, 0.2) is 0 Å². The van der Waals surface area contributed by atoms with E-state index in [0.717, 1.165) is 31.7 Å². The van der Waals surface area contributed by atoms with Gasteiger partial charge in [-0.2, -0.15) is 0 Å². The molecule has 0 aromatic heterocycles. The van der Waals surface area contributed by atoms with Crippen molar-refractivity contribution in [3.05, 3.63) is 65.2 Å². The van der Waals surface area contributed by atoms with E-state index in [1.54, 1.807) is 0 Å². The Labute approximate surface area is 139 Å². The topological polar surface area (TPSA) is 35.5 Å². The molecule has 122 valence electrons. The molecule has 0 amide bonds. The quantitative estimate of drug-likeness (QED) is 0.909. The van der Waals surface area contributed by atoms with Gasteiger partial charge in [0.25, 0.3) is 0 Å². The maximum absolute atomic E-state index is 10.5. The van der Waals surface area contributed by atoms with Gasteiger partial charge in [-0.05, 0) is 37.5 Å². The van der Waals surface area contributed by atoms with Crippen LogP contribution in [0.3, 0.4) is 0 Å². The number of anilines is 1. The second-order valence-corrected chi connectivity index (χ2v) is 6.65. The molecular weight excluding hydrogens is 284 g/mol. The maximum Gasteiger partial charge on any atom is 0.0868 e. The number of rotatable bonds is 4. The van der Waals surface area contributed by atoms with Crippen molar-refractivity contribution in [2.75, 3.05) is 18.4 Å². The first-order chi connectivity index (χ1) is 11.1. The number of nitrogens with one attached hydrogen (secondary N) is 1. The lowest BCUT2D eigenvalue weighted by Gasteiger charge is -2.37. The number of benzene rings is 2. The molecule has 0 radical (unpaired) electrons. The van der Waals surface area contributed by atoms with Crippen LogP contribution in [0.4, 0.5) is 5.69 Å². The van der Waals surface area contributed by atoms with Crippen LogP contribution in [-0.2, 0) is 6.54 Å². The van der Waals surface area contributed by atoms with Gasteiger partial charge in [-0.3, -0.25) is 4.90 Å². The Morgan fingerprint density at radius 1 is 1.13 bits per heavy atom. The molecule has 1 aliphatic heterocycles. The summed E-state index contributed by atoms with van der Waals surface area (Å²) in [5.41, 5.74) is 4.95. The third kappa shape index (κ3) is 4.12. The second-order valence-electron chi connectivity index (χ2n) is 6.65. The summed E-state index contributed by atoms with van der Waals surface area (Å²) < 4.78 is 0. The summed E-state index contributed by atoms with van der Waals surface area (Å²) in [6.07, 6.45) is 0.620. The minimum Gasteiger partial charge on any atom is -0.390 e. The maximum atomic E-state index is 10.5. The number of hydrogen-bond donors (Lipinski definition) is 2. The highest BCUT2D eigenvalue weighted by Crippen LogP contribution is 2.22. The van der Waals surface area contributed by atoms with Crippen molar-refractivity contribution in [2.45, 2.75) is 39.0 Å². The van der Waals surface area contributed by atoms with E-state index in [-0.39, 0.29) is 12.1 Å². The van der Waals surface area contributed by atoms with Gasteiger partial charge in [0.05, 0.1) is 12.1 Å². The lowest BCUT2D eigenvalue weighted by Crippen LogP contribution is -2.49. The lowest BCUT2D eigenvalue weighted by atomic mass is 10.00. The minimum absolute atomic E-state index is 0.128. The number of aryl methyl sites for hydroxylation is 2. The molecule has 3 rings (SSSR count). The molecule has 2 unspecified atom stereocenters. The zero-order chi connectivity index (χ0) is 16.2. The summed E-state index contributed by atoms with van der Waals surface area (Å²) in [6.45, 7) is 6.86. The molecule has 0 spiro atoms. The van der Waals surface area contributed by atoms with Crippen LogP contribution in [0.25, 0.3) is 0 Å². The van der Waals surface area contributed by atoms with Crippen molar-refractivity contribution < 1.29 is 5.11 Å². The van der Waals surface area contributed by atoms with Crippen LogP contribution in [-0.4, -0.2) is 35.2 Å². The van der Waals surface area contributed by atoms with Crippen LogP contribution < -0.4 is 5.32 Å². The molecule has 2 aromatic carbocycles. The zero-order valence-electron chi connectivity index (χ0n) is 14.0. The average molecular weight is 310 g/mol. The van der Waals surface area contributed by atoms with Crippen molar-refractivity contribution in [2.24, 2.45) is 0 Å². The highest BCUT2D eigenvalue weighted by atomic mass is 16.3. The molecular formula is C20H26N2O. The highest BCUT2D eigenvalue weighted by molar-refractivity contribution is 5.52. The summed E-state index contributed by atoms with van der Waals surface area (Å²) >= 11 is 0. The minimum atomic E-state index is -0.340. The highest BCUT2D eigenvalue weighted by Gasteiger charge is 2.27. The standard InChI is InChI=1S/C20H26N2O/c1-15-8-9-18(16(2)12-15)21-19-10-11-22(14-20(19)23)13-17-6-4-3-5-7-17/h3-9,12,19-21,23H,10-11,13-14H2,1-2H3. The van der Waals surface area contributed by atoms with E-state index in [4.69, 9.17) is 0 Å². The van der Waals surface area contributed by atoms with E-state index >= 15 is 0 Å². The van der Waals surface area contributed by atoms with E-state index in [1.165, 1.54) is 16.7 Å². The molecule has 1 fully saturated rings. The first kappa shape index (κ1) is 16.0. The van der Waals surface area contributed by atoms with E-state index in [1.807, 2.05) is 6.07 Å². The SMILES string of the molecule is Cc1ccc(NC2CCN(Cc3ccccc3)CC2O)c(C)c1. The first-order valence-corrected chi connectivity index (χ1v) is 8.40. The summed E-state index contributed by atoms with van der Waals surface area (Å²) in [6, 6.07) is 17.0. The Morgan fingerprint density at radius 3 is 2.61 bits per heavy atom. The fourth-order valence-electron chi connectivity index (χ4n) is 3.33. The van der Waals surface area contributed by atoms with Crippen molar-refractivity contribution in [3.63, 3.8) is 0 Å². The van der Waals surface area contributed by atoms with E-state index < -0.39 is 0 Å². The Hall–Kier alpha value is -1.84. The largest absolute Gasteiger partial charge is 0.390 e. The monoisotopic (exact) mass is 310 g/mol. The molecule has 1 aliphatic rings. The van der Waals surface area contributed by atoms with Gasteiger partial charge < -0.3 is 10.4 Å². The molecule has 2 N–H and O–H groups in total. The number of piperidine rings is 1. The van der Waals surface area contributed by atoms with Crippen LogP contribution in [0.5, 0.6) is 0 Å². The van der Waals surface area contributed by atoms with Crippen molar-refractivity contribution in [3.8, 4) is 0 Å². The summed E-state index contributed by atoms with van der Waals surface area (Å²) in [5.74, 6) is 0. The smallest absolute Gasteiger partial charge is 0.0868 e. The molecule has 2 atom stereocenters. The molecule has 0 aliphatic carbocycles. The second kappa shape index (κ2) is 7.16. The van der Waals surface area contributed by atoms with E-state index in [9.17, 15) is 5.11 Å². The molecule has 23 heavy (non-hydrogen) atoms. The molecule has 1 heterocycles. The Balaban J connectivity index is 1.58. The van der Waals surface area contributed by atoms with Crippen molar-refractivity contribution in [1.82, 2.24) is 4.90 Å². The Kier molecular flexibility index (Phi) is 4.99. The van der Waals surface area contributed by atoms with Gasteiger partial charge in [0.1, 0.15) is 0 Å². The van der Waals surface area contributed by atoms with Crippen molar-refractivity contribution >= 4 is 5.69 Å². The molecule has 1 saturated heterocycles. The van der Waals surface area contributed by atoms with Gasteiger partial charge in [-0.15, -0.1) is 0 Å². The number of β-amino-alcohol motifs (C(OH)–C–C–N with tert-alkyl or cyclic N) is 1. The molecule has 3 heteroatoms. The third-order valence-electron chi connectivity index (χ3n) is 4.64. The van der Waals surface area contributed by atoms with E-state index in [2.05, 4.69) is 66.5 Å². The van der Waals surface area contributed by atoms with Crippen molar-refractivity contribution in [1.29, 1.82) is 0 Å². The van der Waals surface area contributed by atoms with Gasteiger partial charge in [0.2, 0.25) is 0 Å².